The first kappa shape index (κ1) is 20.3. The van der Waals surface area contributed by atoms with Crippen LogP contribution in [-0.2, 0) is 32.2 Å². The molecule has 0 aliphatic heterocycles. The van der Waals surface area contributed by atoms with Gasteiger partial charge in [0.1, 0.15) is 5.69 Å². The summed E-state index contributed by atoms with van der Waals surface area (Å²) < 4.78 is 1.67. The van der Waals surface area contributed by atoms with Crippen LogP contribution in [0.5, 0.6) is 0 Å². The van der Waals surface area contributed by atoms with Gasteiger partial charge in [0, 0.05) is 30.1 Å². The molecule has 6 heteroatoms. The van der Waals surface area contributed by atoms with Crippen LogP contribution in [-0.4, -0.2) is 38.9 Å². The van der Waals surface area contributed by atoms with Crippen molar-refractivity contribution in [3.05, 3.63) is 70.7 Å². The van der Waals surface area contributed by atoms with Crippen molar-refractivity contribution < 1.29 is 9.90 Å². The van der Waals surface area contributed by atoms with E-state index in [0.29, 0.717) is 18.7 Å². The summed E-state index contributed by atoms with van der Waals surface area (Å²) in [6.45, 7) is 4.50. The molecule has 2 heterocycles. The Kier molecular flexibility index (Phi) is 6.23. The van der Waals surface area contributed by atoms with Gasteiger partial charge in [-0.3, -0.25) is 9.67 Å². The number of aromatic nitrogens is 3. The number of carbonyl (C=O) groups is 1. The lowest BCUT2D eigenvalue weighted by Gasteiger charge is -2.14. The van der Waals surface area contributed by atoms with Gasteiger partial charge < -0.3 is 10.4 Å². The van der Waals surface area contributed by atoms with Crippen LogP contribution >= 0.6 is 0 Å². The van der Waals surface area contributed by atoms with Crippen LogP contribution in [0, 0.1) is 0 Å². The highest BCUT2D eigenvalue weighted by Gasteiger charge is 2.27. The number of hydrogen-bond donors (Lipinski definition) is 2. The van der Waals surface area contributed by atoms with Crippen molar-refractivity contribution in [3.8, 4) is 11.3 Å². The molecule has 0 spiro atoms. The van der Waals surface area contributed by atoms with Crippen molar-refractivity contribution in [1.82, 2.24) is 20.1 Å². The minimum atomic E-state index is -0.898. The Bertz CT molecular complexity index is 1020. The standard InChI is InChI=1S/C24H28N4O2/c1-2-17-4-6-18(7-5-17)10-13-25-12-3-15-28-23(24(29)30)21-9-8-19-16-26-14-11-20(19)22(21)27-28/h4-7,11,14,16,25H,2-3,8-10,12-13,15H2,1H3,(H,29,30). The zero-order valence-corrected chi connectivity index (χ0v) is 17.4. The summed E-state index contributed by atoms with van der Waals surface area (Å²) in [6, 6.07) is 10.7. The van der Waals surface area contributed by atoms with Crippen molar-refractivity contribution in [3.63, 3.8) is 0 Å². The lowest BCUT2D eigenvalue weighted by atomic mass is 9.90. The van der Waals surface area contributed by atoms with E-state index < -0.39 is 5.97 Å². The fourth-order valence-corrected chi connectivity index (χ4v) is 4.12. The predicted molar refractivity (Wildman–Crippen MR) is 117 cm³/mol. The molecule has 0 fully saturated rings. The van der Waals surface area contributed by atoms with Crippen LogP contribution in [0.15, 0.2) is 42.7 Å². The molecule has 2 aromatic heterocycles. The van der Waals surface area contributed by atoms with Crippen molar-refractivity contribution in [1.29, 1.82) is 0 Å². The molecule has 0 radical (unpaired) electrons. The van der Waals surface area contributed by atoms with E-state index in [-0.39, 0.29) is 0 Å². The monoisotopic (exact) mass is 404 g/mol. The van der Waals surface area contributed by atoms with Crippen molar-refractivity contribution in [2.75, 3.05) is 13.1 Å². The number of nitrogens with one attached hydrogen (secondary N) is 1. The molecule has 2 N–H and O–H groups in total. The SMILES string of the molecule is CCc1ccc(CCNCCCn2nc3c(c2C(=O)O)CCc2cnccc2-3)cc1. The van der Waals surface area contributed by atoms with Crippen LogP contribution in [0.25, 0.3) is 11.3 Å². The van der Waals surface area contributed by atoms with E-state index in [9.17, 15) is 9.90 Å². The van der Waals surface area contributed by atoms with E-state index in [1.807, 2.05) is 12.3 Å². The Labute approximate surface area is 177 Å². The second-order valence-corrected chi connectivity index (χ2v) is 7.76. The number of fused-ring (bicyclic) bond motifs is 3. The number of rotatable bonds is 9. The van der Waals surface area contributed by atoms with Crippen LogP contribution in [0.1, 0.15) is 46.1 Å². The highest BCUT2D eigenvalue weighted by atomic mass is 16.4. The molecule has 4 rings (SSSR count). The fourth-order valence-electron chi connectivity index (χ4n) is 4.12. The smallest absolute Gasteiger partial charge is 0.354 e. The number of carboxylic acids is 1. The summed E-state index contributed by atoms with van der Waals surface area (Å²) >= 11 is 0. The summed E-state index contributed by atoms with van der Waals surface area (Å²) in [6.07, 6.45) is 8.00. The van der Waals surface area contributed by atoms with E-state index in [0.717, 1.165) is 61.2 Å². The number of pyridine rings is 1. The molecule has 0 amide bonds. The fraction of sp³-hybridized carbons (Fsp3) is 0.375. The third kappa shape index (κ3) is 4.28. The molecule has 0 saturated carbocycles. The number of benzene rings is 1. The summed E-state index contributed by atoms with van der Waals surface area (Å²) in [7, 11) is 0. The Morgan fingerprint density at radius 1 is 1.13 bits per heavy atom. The number of hydrogen-bond acceptors (Lipinski definition) is 4. The first-order valence-corrected chi connectivity index (χ1v) is 10.7. The minimum absolute atomic E-state index is 0.337. The number of carboxylic acid groups (broad SMARTS) is 1. The average molecular weight is 405 g/mol. The second-order valence-electron chi connectivity index (χ2n) is 7.76. The molecule has 156 valence electrons. The molecule has 3 aromatic rings. The van der Waals surface area contributed by atoms with Gasteiger partial charge in [0.25, 0.3) is 0 Å². The van der Waals surface area contributed by atoms with Crippen LogP contribution in [0.3, 0.4) is 0 Å². The van der Waals surface area contributed by atoms with Gasteiger partial charge in [0.05, 0.1) is 5.69 Å². The van der Waals surface area contributed by atoms with Crippen LogP contribution < -0.4 is 5.32 Å². The first-order valence-electron chi connectivity index (χ1n) is 10.7. The van der Waals surface area contributed by atoms with Crippen LogP contribution in [0.2, 0.25) is 0 Å². The maximum Gasteiger partial charge on any atom is 0.354 e. The average Bonchev–Trinajstić information content (AvgIpc) is 3.15. The normalized spacial score (nSPS) is 12.4. The molecular weight excluding hydrogens is 376 g/mol. The van der Waals surface area contributed by atoms with Gasteiger partial charge in [0.15, 0.2) is 0 Å². The zero-order valence-electron chi connectivity index (χ0n) is 17.4. The number of aryl methyl sites for hydroxylation is 3. The van der Waals surface area contributed by atoms with Gasteiger partial charge in [0.2, 0.25) is 0 Å². The van der Waals surface area contributed by atoms with E-state index in [4.69, 9.17) is 0 Å². The van der Waals surface area contributed by atoms with E-state index in [1.165, 1.54) is 11.1 Å². The molecule has 6 nitrogen and oxygen atoms in total. The van der Waals surface area contributed by atoms with Crippen molar-refractivity contribution in [2.45, 2.75) is 45.6 Å². The molecule has 1 aromatic carbocycles. The van der Waals surface area contributed by atoms with Gasteiger partial charge in [-0.2, -0.15) is 5.10 Å². The third-order valence-corrected chi connectivity index (χ3v) is 5.80. The van der Waals surface area contributed by atoms with Gasteiger partial charge in [-0.1, -0.05) is 31.2 Å². The summed E-state index contributed by atoms with van der Waals surface area (Å²) in [5.41, 5.74) is 6.84. The molecular formula is C24H28N4O2. The maximum atomic E-state index is 11.9. The Balaban J connectivity index is 1.34. The molecule has 30 heavy (non-hydrogen) atoms. The van der Waals surface area contributed by atoms with E-state index >= 15 is 0 Å². The molecule has 0 atom stereocenters. The summed E-state index contributed by atoms with van der Waals surface area (Å²) in [5.74, 6) is -0.898. The van der Waals surface area contributed by atoms with Gasteiger partial charge in [-0.05, 0) is 68.0 Å². The lowest BCUT2D eigenvalue weighted by molar-refractivity contribution is 0.0681. The number of nitrogens with zero attached hydrogens (tertiary/aromatic N) is 3. The topological polar surface area (TPSA) is 80.0 Å². The molecule has 0 bridgehead atoms. The van der Waals surface area contributed by atoms with Crippen molar-refractivity contribution >= 4 is 5.97 Å². The van der Waals surface area contributed by atoms with Gasteiger partial charge in [-0.15, -0.1) is 0 Å². The first-order chi connectivity index (χ1) is 14.7. The Hall–Kier alpha value is -2.99. The predicted octanol–water partition coefficient (Wildman–Crippen LogP) is 3.53. The Morgan fingerprint density at radius 2 is 1.93 bits per heavy atom. The largest absolute Gasteiger partial charge is 0.477 e. The van der Waals surface area contributed by atoms with Gasteiger partial charge in [-0.25, -0.2) is 4.79 Å². The zero-order chi connectivity index (χ0) is 20.9. The highest BCUT2D eigenvalue weighted by Crippen LogP contribution is 2.34. The van der Waals surface area contributed by atoms with E-state index in [2.05, 4.69) is 46.6 Å². The second kappa shape index (κ2) is 9.22. The Morgan fingerprint density at radius 3 is 2.70 bits per heavy atom. The minimum Gasteiger partial charge on any atom is -0.477 e. The quantitative estimate of drug-likeness (QED) is 0.534. The van der Waals surface area contributed by atoms with Crippen LogP contribution in [0.4, 0.5) is 0 Å². The lowest BCUT2D eigenvalue weighted by Crippen LogP contribution is -2.21. The molecule has 0 saturated heterocycles. The van der Waals surface area contributed by atoms with Crippen molar-refractivity contribution in [2.24, 2.45) is 0 Å². The van der Waals surface area contributed by atoms with E-state index in [1.54, 1.807) is 10.9 Å². The molecule has 1 aliphatic carbocycles. The summed E-state index contributed by atoms with van der Waals surface area (Å²) in [5, 5.41) is 17.9. The molecule has 0 unspecified atom stereocenters. The number of aromatic carboxylic acids is 1. The molecule has 1 aliphatic rings. The van der Waals surface area contributed by atoms with Gasteiger partial charge >= 0.3 is 5.97 Å². The third-order valence-electron chi connectivity index (χ3n) is 5.80. The highest BCUT2D eigenvalue weighted by molar-refractivity contribution is 5.90. The summed E-state index contributed by atoms with van der Waals surface area (Å²) in [4.78, 5) is 16.1. The maximum absolute atomic E-state index is 11.9.